The Morgan fingerprint density at radius 2 is 2.18 bits per heavy atom. The molecule has 0 aliphatic carbocycles. The van der Waals surface area contributed by atoms with Crippen LogP contribution in [0.4, 0.5) is 0 Å². The van der Waals surface area contributed by atoms with Crippen molar-refractivity contribution in [2.24, 2.45) is 0 Å². The van der Waals surface area contributed by atoms with Crippen molar-refractivity contribution in [2.75, 3.05) is 0 Å². The lowest BCUT2D eigenvalue weighted by Gasteiger charge is -2.24. The van der Waals surface area contributed by atoms with E-state index in [0.717, 1.165) is 30.9 Å². The van der Waals surface area contributed by atoms with Crippen molar-refractivity contribution < 1.29 is 4.79 Å². The summed E-state index contributed by atoms with van der Waals surface area (Å²) in [4.78, 5) is 28.2. The van der Waals surface area contributed by atoms with Crippen LogP contribution in [0.15, 0.2) is 23.1 Å². The molecule has 0 saturated carbocycles. The van der Waals surface area contributed by atoms with Crippen LogP contribution in [0.1, 0.15) is 23.6 Å². The smallest absolute Gasteiger partial charge is 0.267 e. The van der Waals surface area contributed by atoms with Gasteiger partial charge in [0.25, 0.3) is 5.56 Å². The Morgan fingerprint density at radius 3 is 3.00 bits per heavy atom. The molecule has 1 aliphatic heterocycles. The van der Waals surface area contributed by atoms with Crippen LogP contribution in [-0.4, -0.2) is 31.3 Å². The average Bonchev–Trinajstić information content (AvgIpc) is 2.82. The minimum Gasteiger partial charge on any atom is -0.350 e. The van der Waals surface area contributed by atoms with E-state index in [0.29, 0.717) is 5.69 Å². The van der Waals surface area contributed by atoms with Crippen molar-refractivity contribution in [1.29, 1.82) is 0 Å². The predicted molar refractivity (Wildman–Crippen MR) is 80.4 cm³/mol. The molecule has 3 heterocycles. The summed E-state index contributed by atoms with van der Waals surface area (Å²) in [6, 6.07) is 3.13. The van der Waals surface area contributed by atoms with Crippen molar-refractivity contribution in [3.8, 4) is 0 Å². The minimum atomic E-state index is -0.267. The summed E-state index contributed by atoms with van der Waals surface area (Å²) in [7, 11) is 0. The van der Waals surface area contributed by atoms with Crippen molar-refractivity contribution in [1.82, 2.24) is 24.6 Å². The maximum absolute atomic E-state index is 12.1. The summed E-state index contributed by atoms with van der Waals surface area (Å²) < 4.78 is 3.28. The van der Waals surface area contributed by atoms with Crippen molar-refractivity contribution in [2.45, 2.75) is 45.8 Å². The van der Waals surface area contributed by atoms with Crippen LogP contribution in [0.25, 0.3) is 0 Å². The van der Waals surface area contributed by atoms with E-state index in [1.165, 1.54) is 10.7 Å². The van der Waals surface area contributed by atoms with Gasteiger partial charge in [0.15, 0.2) is 0 Å². The highest BCUT2D eigenvalue weighted by atomic mass is 16.2. The van der Waals surface area contributed by atoms with E-state index in [2.05, 4.69) is 20.0 Å². The molecule has 1 amide bonds. The second kappa shape index (κ2) is 5.75. The van der Waals surface area contributed by atoms with Crippen LogP contribution >= 0.6 is 0 Å². The van der Waals surface area contributed by atoms with Crippen LogP contribution < -0.4 is 10.9 Å². The number of hydrogen-bond donors (Lipinski definition) is 1. The molecule has 1 aliphatic rings. The van der Waals surface area contributed by atoms with Gasteiger partial charge in [-0.1, -0.05) is 0 Å². The molecule has 0 unspecified atom stereocenters. The molecule has 22 heavy (non-hydrogen) atoms. The number of aryl methyl sites for hydroxylation is 3. The van der Waals surface area contributed by atoms with E-state index in [9.17, 15) is 9.59 Å². The quantitative estimate of drug-likeness (QED) is 0.877. The van der Waals surface area contributed by atoms with Crippen LogP contribution in [0, 0.1) is 13.8 Å². The van der Waals surface area contributed by atoms with Crippen LogP contribution in [0.3, 0.4) is 0 Å². The molecule has 0 saturated heterocycles. The number of imidazole rings is 1. The first kappa shape index (κ1) is 14.5. The molecule has 3 rings (SSSR count). The first-order valence-corrected chi connectivity index (χ1v) is 7.38. The number of nitrogens with zero attached hydrogens (tertiary/aromatic N) is 4. The highest BCUT2D eigenvalue weighted by Gasteiger charge is 2.21. The molecule has 0 spiro atoms. The fraction of sp³-hybridized carbons (Fsp3) is 0.467. The Balaban J connectivity index is 1.63. The average molecular weight is 301 g/mol. The monoisotopic (exact) mass is 301 g/mol. The third-order valence-electron chi connectivity index (χ3n) is 3.77. The zero-order valence-corrected chi connectivity index (χ0v) is 12.7. The number of amides is 1. The van der Waals surface area contributed by atoms with Gasteiger partial charge in [0.05, 0.1) is 11.4 Å². The van der Waals surface area contributed by atoms with Gasteiger partial charge in [0.2, 0.25) is 5.91 Å². The van der Waals surface area contributed by atoms with E-state index in [1.54, 1.807) is 13.0 Å². The summed E-state index contributed by atoms with van der Waals surface area (Å²) in [5.41, 5.74) is 1.44. The molecule has 0 aromatic carbocycles. The number of aromatic nitrogens is 4. The summed E-state index contributed by atoms with van der Waals surface area (Å²) >= 11 is 0. The molecular formula is C15H19N5O2. The number of hydrogen-bond acceptors (Lipinski definition) is 4. The molecule has 0 fully saturated rings. The van der Waals surface area contributed by atoms with E-state index < -0.39 is 0 Å². The van der Waals surface area contributed by atoms with Crippen LogP contribution in [0.5, 0.6) is 0 Å². The number of rotatable bonds is 3. The molecule has 0 bridgehead atoms. The molecule has 7 nitrogen and oxygen atoms in total. The Morgan fingerprint density at radius 1 is 1.36 bits per heavy atom. The second-order valence-corrected chi connectivity index (χ2v) is 5.72. The maximum Gasteiger partial charge on any atom is 0.267 e. The van der Waals surface area contributed by atoms with Crippen LogP contribution in [0.2, 0.25) is 0 Å². The molecule has 1 atom stereocenters. The van der Waals surface area contributed by atoms with Gasteiger partial charge in [-0.05, 0) is 26.3 Å². The third kappa shape index (κ3) is 3.08. The minimum absolute atomic E-state index is 0.0488. The normalized spacial score (nSPS) is 17.1. The van der Waals surface area contributed by atoms with E-state index in [1.807, 2.05) is 13.1 Å². The Kier molecular flexibility index (Phi) is 3.79. The van der Waals surface area contributed by atoms with Gasteiger partial charge in [-0.2, -0.15) is 5.10 Å². The van der Waals surface area contributed by atoms with E-state index >= 15 is 0 Å². The Bertz CT molecular complexity index is 762. The van der Waals surface area contributed by atoms with Crippen LogP contribution in [-0.2, 0) is 24.3 Å². The van der Waals surface area contributed by atoms with Gasteiger partial charge in [0.1, 0.15) is 12.4 Å². The molecule has 7 heteroatoms. The summed E-state index contributed by atoms with van der Waals surface area (Å²) in [6.07, 6.45) is 3.71. The Labute approximate surface area is 128 Å². The third-order valence-corrected chi connectivity index (χ3v) is 3.77. The topological polar surface area (TPSA) is 81.8 Å². The van der Waals surface area contributed by atoms with Crippen molar-refractivity contribution in [3.63, 3.8) is 0 Å². The van der Waals surface area contributed by atoms with Gasteiger partial charge in [0, 0.05) is 31.3 Å². The van der Waals surface area contributed by atoms with Gasteiger partial charge in [-0.3, -0.25) is 9.59 Å². The maximum atomic E-state index is 12.1. The summed E-state index contributed by atoms with van der Waals surface area (Å²) in [5.74, 6) is 0.880. The second-order valence-electron chi connectivity index (χ2n) is 5.72. The molecule has 0 radical (unpaired) electrons. The molecule has 116 valence electrons. The zero-order valence-electron chi connectivity index (χ0n) is 12.7. The lowest BCUT2D eigenvalue weighted by Crippen LogP contribution is -2.43. The highest BCUT2D eigenvalue weighted by Crippen LogP contribution is 2.14. The number of carbonyl (C=O) groups excluding carboxylic acids is 1. The standard InChI is InChI=1S/C15H19N5O2/c1-10-3-6-15(22)20(18-10)9-14(21)17-12-4-5-13-16-11(2)7-19(13)8-12/h3,6-7,12H,4-5,8-9H2,1-2H3,(H,17,21)/t12-/m0/s1. The van der Waals surface area contributed by atoms with Crippen molar-refractivity contribution >= 4 is 5.91 Å². The number of nitrogens with one attached hydrogen (secondary N) is 1. The summed E-state index contributed by atoms with van der Waals surface area (Å²) in [5, 5.41) is 7.05. The first-order chi connectivity index (χ1) is 10.5. The molecular weight excluding hydrogens is 282 g/mol. The highest BCUT2D eigenvalue weighted by molar-refractivity contribution is 5.75. The van der Waals surface area contributed by atoms with Gasteiger partial charge in [-0.15, -0.1) is 0 Å². The van der Waals surface area contributed by atoms with Crippen molar-refractivity contribution in [3.05, 3.63) is 45.9 Å². The van der Waals surface area contributed by atoms with Gasteiger partial charge in [-0.25, -0.2) is 9.67 Å². The lowest BCUT2D eigenvalue weighted by atomic mass is 10.1. The number of fused-ring (bicyclic) bond motifs is 1. The van der Waals surface area contributed by atoms with Gasteiger partial charge >= 0.3 is 0 Å². The predicted octanol–water partition coefficient (Wildman–Crippen LogP) is 0.188. The fourth-order valence-corrected chi connectivity index (χ4v) is 2.78. The van der Waals surface area contributed by atoms with E-state index in [4.69, 9.17) is 0 Å². The van der Waals surface area contributed by atoms with Gasteiger partial charge < -0.3 is 9.88 Å². The first-order valence-electron chi connectivity index (χ1n) is 7.38. The lowest BCUT2D eigenvalue weighted by molar-refractivity contribution is -0.122. The zero-order chi connectivity index (χ0) is 15.7. The largest absolute Gasteiger partial charge is 0.350 e. The summed E-state index contributed by atoms with van der Waals surface area (Å²) in [6.45, 7) is 4.43. The molecule has 1 N–H and O–H groups in total. The Hall–Kier alpha value is -2.44. The van der Waals surface area contributed by atoms with E-state index in [-0.39, 0.29) is 24.1 Å². The molecule has 2 aromatic heterocycles. The molecule has 2 aromatic rings. The SMILES string of the molecule is Cc1cn2c(n1)CC[C@H](NC(=O)Cn1nc(C)ccc1=O)C2. The fourth-order valence-electron chi connectivity index (χ4n) is 2.78. The number of carbonyl (C=O) groups is 1.